The van der Waals surface area contributed by atoms with Gasteiger partial charge in [-0.15, -0.1) is 0 Å². The molecule has 86 valence electrons. The normalized spacial score (nSPS) is 18.6. The lowest BCUT2D eigenvalue weighted by Gasteiger charge is -2.20. The molecule has 0 fully saturated rings. The Hall–Kier alpha value is -1.68. The molecule has 0 saturated carbocycles. The molecule has 0 saturated heterocycles. The molecule has 2 heterocycles. The van der Waals surface area contributed by atoms with Crippen molar-refractivity contribution in [3.05, 3.63) is 42.6 Å². The van der Waals surface area contributed by atoms with Crippen molar-refractivity contribution in [2.24, 2.45) is 0 Å². The largest absolute Gasteiger partial charge is 0.323 e. The molecular formula is C13H12N2OS. The van der Waals surface area contributed by atoms with E-state index in [1.165, 1.54) is 0 Å². The number of para-hydroxylation sites is 2. The zero-order valence-electron chi connectivity index (χ0n) is 9.38. The van der Waals surface area contributed by atoms with E-state index in [1.807, 2.05) is 49.5 Å². The number of thioether (sulfide) groups is 1. The van der Waals surface area contributed by atoms with Crippen LogP contribution in [-0.4, -0.2) is 15.7 Å². The van der Waals surface area contributed by atoms with Crippen LogP contribution in [0.1, 0.15) is 6.92 Å². The summed E-state index contributed by atoms with van der Waals surface area (Å²) in [5.41, 5.74) is 1.88. The van der Waals surface area contributed by atoms with Crippen molar-refractivity contribution in [1.29, 1.82) is 0 Å². The van der Waals surface area contributed by atoms with Crippen LogP contribution >= 0.6 is 11.8 Å². The highest BCUT2D eigenvalue weighted by atomic mass is 32.2. The molecule has 1 amide bonds. The average molecular weight is 244 g/mol. The minimum atomic E-state index is -0.0861. The van der Waals surface area contributed by atoms with Crippen LogP contribution in [0, 0.1) is 0 Å². The fourth-order valence-electron chi connectivity index (χ4n) is 1.92. The van der Waals surface area contributed by atoms with Crippen LogP contribution < -0.4 is 5.32 Å². The van der Waals surface area contributed by atoms with Gasteiger partial charge in [-0.25, -0.2) is 0 Å². The second kappa shape index (κ2) is 3.96. The van der Waals surface area contributed by atoms with Crippen molar-refractivity contribution in [2.75, 3.05) is 5.32 Å². The van der Waals surface area contributed by atoms with Gasteiger partial charge in [-0.05, 0) is 31.2 Å². The number of nitrogens with one attached hydrogen (secondary N) is 1. The van der Waals surface area contributed by atoms with Crippen LogP contribution in [-0.2, 0) is 4.79 Å². The molecule has 17 heavy (non-hydrogen) atoms. The minimum Gasteiger partial charge on any atom is -0.323 e. The van der Waals surface area contributed by atoms with Gasteiger partial charge in [0.25, 0.3) is 0 Å². The number of aromatic nitrogens is 1. The molecule has 1 unspecified atom stereocenters. The summed E-state index contributed by atoms with van der Waals surface area (Å²) in [5.74, 6) is 0.0508. The SMILES string of the molecule is CC1Sc2cccn2-c2ccccc2NC1=O. The summed E-state index contributed by atoms with van der Waals surface area (Å²) < 4.78 is 2.11. The van der Waals surface area contributed by atoms with Crippen molar-refractivity contribution in [1.82, 2.24) is 4.57 Å². The van der Waals surface area contributed by atoms with E-state index in [4.69, 9.17) is 0 Å². The number of hydrogen-bond acceptors (Lipinski definition) is 2. The summed E-state index contributed by atoms with van der Waals surface area (Å²) in [6.07, 6.45) is 2.02. The Bertz CT molecular complexity index is 576. The second-order valence-electron chi connectivity index (χ2n) is 3.98. The second-order valence-corrected chi connectivity index (χ2v) is 5.34. The monoisotopic (exact) mass is 244 g/mol. The van der Waals surface area contributed by atoms with Crippen molar-refractivity contribution in [3.63, 3.8) is 0 Å². The Morgan fingerprint density at radius 2 is 2.06 bits per heavy atom. The third-order valence-corrected chi connectivity index (χ3v) is 3.94. The molecule has 0 radical (unpaired) electrons. The lowest BCUT2D eigenvalue weighted by molar-refractivity contribution is -0.115. The topological polar surface area (TPSA) is 34.0 Å². The van der Waals surface area contributed by atoms with Crippen molar-refractivity contribution in [2.45, 2.75) is 17.2 Å². The van der Waals surface area contributed by atoms with Crippen molar-refractivity contribution >= 4 is 23.4 Å². The van der Waals surface area contributed by atoms with Crippen LogP contribution in [0.2, 0.25) is 0 Å². The van der Waals surface area contributed by atoms with Gasteiger partial charge in [0.15, 0.2) is 0 Å². The summed E-state index contributed by atoms with van der Waals surface area (Å²) in [6.45, 7) is 1.92. The first-order valence-electron chi connectivity index (χ1n) is 5.50. The van der Waals surface area contributed by atoms with Gasteiger partial charge in [-0.2, -0.15) is 0 Å². The maximum Gasteiger partial charge on any atom is 0.237 e. The molecule has 1 aromatic heterocycles. The zero-order valence-corrected chi connectivity index (χ0v) is 10.2. The predicted octanol–water partition coefficient (Wildman–Crippen LogP) is 2.91. The number of nitrogens with zero attached hydrogens (tertiary/aromatic N) is 1. The van der Waals surface area contributed by atoms with Gasteiger partial charge in [-0.1, -0.05) is 23.9 Å². The fraction of sp³-hybridized carbons (Fsp3) is 0.154. The van der Waals surface area contributed by atoms with Crippen LogP contribution in [0.3, 0.4) is 0 Å². The summed E-state index contributed by atoms with van der Waals surface area (Å²) >= 11 is 1.58. The Balaban J connectivity index is 2.21. The van der Waals surface area contributed by atoms with Crippen LogP contribution in [0.25, 0.3) is 5.69 Å². The lowest BCUT2D eigenvalue weighted by Crippen LogP contribution is -2.25. The summed E-state index contributed by atoms with van der Waals surface area (Å²) in [5, 5.41) is 3.97. The van der Waals surface area contributed by atoms with Gasteiger partial charge < -0.3 is 9.88 Å². The molecule has 0 bridgehead atoms. The molecule has 3 rings (SSSR count). The summed E-state index contributed by atoms with van der Waals surface area (Å²) in [6, 6.07) is 11.9. The molecule has 1 aliphatic heterocycles. The molecule has 1 aromatic carbocycles. The molecule has 1 N–H and O–H groups in total. The standard InChI is InChI=1S/C13H12N2OS/c1-9-13(16)14-10-5-2-3-6-11(10)15-8-4-7-12(15)17-9/h2-9H,1H3,(H,14,16). The molecule has 4 heteroatoms. The van der Waals surface area contributed by atoms with E-state index in [2.05, 4.69) is 9.88 Å². The van der Waals surface area contributed by atoms with Gasteiger partial charge >= 0.3 is 0 Å². The highest BCUT2D eigenvalue weighted by Crippen LogP contribution is 2.32. The summed E-state index contributed by atoms with van der Waals surface area (Å²) in [4.78, 5) is 11.9. The van der Waals surface area contributed by atoms with Gasteiger partial charge in [-0.3, -0.25) is 4.79 Å². The summed E-state index contributed by atoms with van der Waals surface area (Å²) in [7, 11) is 0. The van der Waals surface area contributed by atoms with E-state index >= 15 is 0 Å². The van der Waals surface area contributed by atoms with Gasteiger partial charge in [0.2, 0.25) is 5.91 Å². The van der Waals surface area contributed by atoms with Crippen molar-refractivity contribution in [3.8, 4) is 5.69 Å². The molecule has 0 spiro atoms. The fourth-order valence-corrected chi connectivity index (χ4v) is 2.88. The van der Waals surface area contributed by atoms with Crippen LogP contribution in [0.5, 0.6) is 0 Å². The lowest BCUT2D eigenvalue weighted by atomic mass is 10.2. The van der Waals surface area contributed by atoms with Gasteiger partial charge in [0.05, 0.1) is 21.7 Å². The van der Waals surface area contributed by atoms with Gasteiger partial charge in [0, 0.05) is 6.20 Å². The number of carbonyl (C=O) groups excluding carboxylic acids is 1. The smallest absolute Gasteiger partial charge is 0.237 e. The first-order valence-corrected chi connectivity index (χ1v) is 6.38. The Labute approximate surface area is 104 Å². The number of rotatable bonds is 0. The van der Waals surface area contributed by atoms with E-state index in [-0.39, 0.29) is 11.2 Å². The highest BCUT2D eigenvalue weighted by molar-refractivity contribution is 8.00. The molecule has 0 aliphatic carbocycles. The quantitative estimate of drug-likeness (QED) is 0.773. The average Bonchev–Trinajstić information content (AvgIpc) is 2.76. The Kier molecular flexibility index (Phi) is 2.44. The number of amides is 1. The van der Waals surface area contributed by atoms with Crippen molar-refractivity contribution < 1.29 is 4.79 Å². The first-order chi connectivity index (χ1) is 8.25. The predicted molar refractivity (Wildman–Crippen MR) is 69.7 cm³/mol. The molecule has 3 nitrogen and oxygen atoms in total. The maximum absolute atomic E-state index is 11.9. The van der Waals surface area contributed by atoms with E-state index in [0.717, 1.165) is 16.4 Å². The third kappa shape index (κ3) is 1.74. The van der Waals surface area contributed by atoms with E-state index in [0.29, 0.717) is 0 Å². The molecule has 1 atom stereocenters. The van der Waals surface area contributed by atoms with Crippen LogP contribution in [0.15, 0.2) is 47.6 Å². The van der Waals surface area contributed by atoms with E-state index in [1.54, 1.807) is 11.8 Å². The number of hydrogen-bond donors (Lipinski definition) is 1. The number of carbonyl (C=O) groups is 1. The number of benzene rings is 1. The number of fused-ring (bicyclic) bond motifs is 3. The highest BCUT2D eigenvalue weighted by Gasteiger charge is 2.21. The minimum absolute atomic E-state index is 0.0508. The van der Waals surface area contributed by atoms with E-state index < -0.39 is 0 Å². The third-order valence-electron chi connectivity index (χ3n) is 2.80. The first kappa shape index (κ1) is 10.5. The molecule has 2 aromatic rings. The Morgan fingerprint density at radius 3 is 2.94 bits per heavy atom. The molecule has 1 aliphatic rings. The number of anilines is 1. The Morgan fingerprint density at radius 1 is 1.24 bits per heavy atom. The van der Waals surface area contributed by atoms with E-state index in [9.17, 15) is 4.79 Å². The van der Waals surface area contributed by atoms with Crippen LogP contribution in [0.4, 0.5) is 5.69 Å². The maximum atomic E-state index is 11.9. The molecular weight excluding hydrogens is 232 g/mol. The zero-order chi connectivity index (χ0) is 11.8. The van der Waals surface area contributed by atoms with Gasteiger partial charge in [0.1, 0.15) is 0 Å².